The molecule has 1 atom stereocenters. The minimum absolute atomic E-state index is 0.243. The van der Waals surface area contributed by atoms with Crippen molar-refractivity contribution in [3.63, 3.8) is 0 Å². The highest BCUT2D eigenvalue weighted by atomic mass is 19.1. The maximum atomic E-state index is 12.8. The summed E-state index contributed by atoms with van der Waals surface area (Å²) in [6.07, 6.45) is -0.671. The second-order valence-electron chi connectivity index (χ2n) is 4.95. The Morgan fingerprint density at radius 3 is 2.48 bits per heavy atom. The maximum absolute atomic E-state index is 12.8. The Balaban J connectivity index is 2.02. The number of benzene rings is 2. The van der Waals surface area contributed by atoms with Crippen molar-refractivity contribution in [3.05, 3.63) is 59.4 Å². The highest BCUT2D eigenvalue weighted by Crippen LogP contribution is 2.19. The molecule has 0 aromatic heterocycles. The lowest BCUT2D eigenvalue weighted by atomic mass is 10.1. The molecule has 2 rings (SSSR count). The van der Waals surface area contributed by atoms with Crippen molar-refractivity contribution < 1.29 is 13.9 Å². The number of hydrogen-bond donors (Lipinski definition) is 1. The van der Waals surface area contributed by atoms with Gasteiger partial charge in [0.15, 0.2) is 6.10 Å². The average Bonchev–Trinajstić information content (AvgIpc) is 2.46. The van der Waals surface area contributed by atoms with Crippen molar-refractivity contribution in [1.29, 1.82) is 0 Å². The summed E-state index contributed by atoms with van der Waals surface area (Å²) in [5.74, 6) is -0.122. The molecule has 3 nitrogen and oxygen atoms in total. The third kappa shape index (κ3) is 3.81. The zero-order chi connectivity index (χ0) is 15.4. The Morgan fingerprint density at radius 1 is 1.14 bits per heavy atom. The topological polar surface area (TPSA) is 38.3 Å². The average molecular weight is 287 g/mol. The smallest absolute Gasteiger partial charge is 0.265 e. The van der Waals surface area contributed by atoms with E-state index < -0.39 is 6.10 Å². The van der Waals surface area contributed by atoms with E-state index in [0.29, 0.717) is 5.75 Å². The molecule has 0 saturated carbocycles. The molecule has 0 unspecified atom stereocenters. The number of nitrogens with one attached hydrogen (secondary N) is 1. The molecule has 0 saturated heterocycles. The first-order chi connectivity index (χ1) is 9.97. The molecule has 0 spiro atoms. The zero-order valence-corrected chi connectivity index (χ0v) is 12.3. The molecule has 0 aliphatic heterocycles. The van der Waals surface area contributed by atoms with Gasteiger partial charge in [-0.1, -0.05) is 12.1 Å². The van der Waals surface area contributed by atoms with Crippen LogP contribution in [0.25, 0.3) is 0 Å². The number of amides is 1. The van der Waals surface area contributed by atoms with Gasteiger partial charge in [-0.2, -0.15) is 0 Å². The zero-order valence-electron chi connectivity index (χ0n) is 12.3. The lowest BCUT2D eigenvalue weighted by molar-refractivity contribution is -0.122. The SMILES string of the molecule is Cc1cccc(NC(=O)[C@H](C)Oc2ccc(F)cc2)c1C. The van der Waals surface area contributed by atoms with Gasteiger partial charge >= 0.3 is 0 Å². The van der Waals surface area contributed by atoms with Crippen LogP contribution < -0.4 is 10.1 Å². The number of halogens is 1. The second kappa shape index (κ2) is 6.39. The molecule has 0 aliphatic rings. The van der Waals surface area contributed by atoms with E-state index in [-0.39, 0.29) is 11.7 Å². The van der Waals surface area contributed by atoms with E-state index in [1.807, 2.05) is 32.0 Å². The van der Waals surface area contributed by atoms with Crippen molar-refractivity contribution >= 4 is 11.6 Å². The highest BCUT2D eigenvalue weighted by Gasteiger charge is 2.16. The van der Waals surface area contributed by atoms with Gasteiger partial charge in [-0.15, -0.1) is 0 Å². The molecule has 0 fully saturated rings. The summed E-state index contributed by atoms with van der Waals surface area (Å²) in [7, 11) is 0. The first-order valence-corrected chi connectivity index (χ1v) is 6.76. The summed E-state index contributed by atoms with van der Waals surface area (Å²) in [5, 5.41) is 2.84. The third-order valence-corrected chi connectivity index (χ3v) is 3.36. The van der Waals surface area contributed by atoms with Crippen molar-refractivity contribution in [2.45, 2.75) is 26.9 Å². The number of hydrogen-bond acceptors (Lipinski definition) is 2. The summed E-state index contributed by atoms with van der Waals surface area (Å²) in [5.41, 5.74) is 2.91. The minimum Gasteiger partial charge on any atom is -0.481 e. The van der Waals surface area contributed by atoms with Gasteiger partial charge in [-0.25, -0.2) is 4.39 Å². The van der Waals surface area contributed by atoms with Gasteiger partial charge in [-0.3, -0.25) is 4.79 Å². The van der Waals surface area contributed by atoms with Crippen LogP contribution in [-0.2, 0) is 4.79 Å². The molecular formula is C17H18FNO2. The standard InChI is InChI=1S/C17H18FNO2/c1-11-5-4-6-16(12(11)2)19-17(20)13(3)21-15-9-7-14(18)8-10-15/h4-10,13H,1-3H3,(H,19,20)/t13-/m0/s1. The number of rotatable bonds is 4. The fourth-order valence-corrected chi connectivity index (χ4v) is 1.89. The highest BCUT2D eigenvalue weighted by molar-refractivity contribution is 5.94. The molecule has 1 N–H and O–H groups in total. The van der Waals surface area contributed by atoms with Gasteiger partial charge in [0.05, 0.1) is 0 Å². The van der Waals surface area contributed by atoms with Gasteiger partial charge in [0.2, 0.25) is 0 Å². The number of carbonyl (C=O) groups is 1. The van der Waals surface area contributed by atoms with Gasteiger partial charge in [0.25, 0.3) is 5.91 Å². The van der Waals surface area contributed by atoms with Crippen LogP contribution in [-0.4, -0.2) is 12.0 Å². The van der Waals surface area contributed by atoms with Crippen molar-refractivity contribution in [2.75, 3.05) is 5.32 Å². The van der Waals surface area contributed by atoms with Gasteiger partial charge in [0, 0.05) is 5.69 Å². The Hall–Kier alpha value is -2.36. The first kappa shape index (κ1) is 15.0. The predicted molar refractivity (Wildman–Crippen MR) is 81.0 cm³/mol. The van der Waals surface area contributed by atoms with Crippen molar-refractivity contribution in [2.24, 2.45) is 0 Å². The lowest BCUT2D eigenvalue weighted by Gasteiger charge is -2.16. The Kier molecular flexibility index (Phi) is 4.58. The van der Waals surface area contributed by atoms with E-state index in [1.54, 1.807) is 6.92 Å². The first-order valence-electron chi connectivity index (χ1n) is 6.76. The number of ether oxygens (including phenoxy) is 1. The molecule has 4 heteroatoms. The fourth-order valence-electron chi connectivity index (χ4n) is 1.89. The summed E-state index contributed by atoms with van der Waals surface area (Å²) in [6, 6.07) is 11.3. The fraction of sp³-hybridized carbons (Fsp3) is 0.235. The van der Waals surface area contributed by atoms with E-state index >= 15 is 0 Å². The predicted octanol–water partition coefficient (Wildman–Crippen LogP) is 3.85. The Bertz CT molecular complexity index is 638. The summed E-state index contributed by atoms with van der Waals surface area (Å²) >= 11 is 0. The van der Waals surface area contributed by atoms with E-state index in [2.05, 4.69) is 5.32 Å². The van der Waals surface area contributed by atoms with Crippen LogP contribution in [0.15, 0.2) is 42.5 Å². The molecule has 0 heterocycles. The normalized spacial score (nSPS) is 11.8. The summed E-state index contributed by atoms with van der Waals surface area (Å²) in [4.78, 5) is 12.1. The summed E-state index contributed by atoms with van der Waals surface area (Å²) in [6.45, 7) is 5.60. The van der Waals surface area contributed by atoms with E-state index in [9.17, 15) is 9.18 Å². The molecule has 2 aromatic carbocycles. The number of aryl methyl sites for hydroxylation is 1. The molecule has 1 amide bonds. The minimum atomic E-state index is -0.671. The lowest BCUT2D eigenvalue weighted by Crippen LogP contribution is -2.30. The quantitative estimate of drug-likeness (QED) is 0.927. The van der Waals surface area contributed by atoms with Crippen LogP contribution in [0.2, 0.25) is 0 Å². The van der Waals surface area contributed by atoms with E-state index in [0.717, 1.165) is 16.8 Å². The second-order valence-corrected chi connectivity index (χ2v) is 4.95. The molecule has 0 aliphatic carbocycles. The summed E-state index contributed by atoms with van der Waals surface area (Å²) < 4.78 is 18.3. The monoisotopic (exact) mass is 287 g/mol. The van der Waals surface area contributed by atoms with E-state index in [1.165, 1.54) is 24.3 Å². The number of anilines is 1. The molecule has 0 radical (unpaired) electrons. The molecular weight excluding hydrogens is 269 g/mol. The van der Waals surface area contributed by atoms with Gasteiger partial charge < -0.3 is 10.1 Å². The Morgan fingerprint density at radius 2 is 1.81 bits per heavy atom. The van der Waals surface area contributed by atoms with Gasteiger partial charge in [-0.05, 0) is 62.2 Å². The third-order valence-electron chi connectivity index (χ3n) is 3.36. The van der Waals surface area contributed by atoms with Crippen LogP contribution >= 0.6 is 0 Å². The molecule has 110 valence electrons. The largest absolute Gasteiger partial charge is 0.481 e. The van der Waals surface area contributed by atoms with Gasteiger partial charge in [0.1, 0.15) is 11.6 Å². The van der Waals surface area contributed by atoms with Crippen LogP contribution in [0, 0.1) is 19.7 Å². The molecule has 2 aromatic rings. The van der Waals surface area contributed by atoms with Crippen LogP contribution in [0.4, 0.5) is 10.1 Å². The van der Waals surface area contributed by atoms with Crippen molar-refractivity contribution in [1.82, 2.24) is 0 Å². The molecule has 0 bridgehead atoms. The Labute approximate surface area is 123 Å². The van der Waals surface area contributed by atoms with Crippen LogP contribution in [0.3, 0.4) is 0 Å². The maximum Gasteiger partial charge on any atom is 0.265 e. The number of carbonyl (C=O) groups excluding carboxylic acids is 1. The van der Waals surface area contributed by atoms with E-state index in [4.69, 9.17) is 4.74 Å². The van der Waals surface area contributed by atoms with Crippen LogP contribution in [0.1, 0.15) is 18.1 Å². The van der Waals surface area contributed by atoms with Crippen LogP contribution in [0.5, 0.6) is 5.75 Å². The molecule has 21 heavy (non-hydrogen) atoms. The van der Waals surface area contributed by atoms with Crippen molar-refractivity contribution in [3.8, 4) is 5.75 Å².